The fourth-order valence-corrected chi connectivity index (χ4v) is 3.80. The Labute approximate surface area is 183 Å². The summed E-state index contributed by atoms with van der Waals surface area (Å²) < 4.78 is 20.5. The van der Waals surface area contributed by atoms with Gasteiger partial charge in [-0.3, -0.25) is 4.79 Å². The number of nitrogens with two attached hydrogens (primary N) is 1. The smallest absolute Gasteiger partial charge is 0.341 e. The SMILES string of the molecule is CN(Cc1ccc(OCC(=O)O)c(-c2cccc(C(N)=O)c2)c1)Sc1ccc(F)cc1. The van der Waals surface area contributed by atoms with Crippen LogP contribution in [0.1, 0.15) is 15.9 Å². The molecule has 0 atom stereocenters. The van der Waals surface area contributed by atoms with Crippen LogP contribution in [-0.2, 0) is 11.3 Å². The summed E-state index contributed by atoms with van der Waals surface area (Å²) in [6.07, 6.45) is 0. The number of hydrogen-bond acceptors (Lipinski definition) is 5. The number of primary amides is 1. The molecule has 6 nitrogen and oxygen atoms in total. The standard InChI is InChI=1S/C23H21FN2O4S/c1-26(31-19-8-6-18(24)7-9-19)13-15-5-10-21(30-14-22(27)28)20(11-15)16-3-2-4-17(12-16)23(25)29/h2-12H,13-14H2,1H3,(H2,25,29)(H,27,28). The van der Waals surface area contributed by atoms with Crippen LogP contribution >= 0.6 is 11.9 Å². The summed E-state index contributed by atoms with van der Waals surface area (Å²) >= 11 is 1.47. The highest BCUT2D eigenvalue weighted by Gasteiger charge is 2.13. The lowest BCUT2D eigenvalue weighted by Crippen LogP contribution is -2.12. The van der Waals surface area contributed by atoms with Crippen molar-refractivity contribution in [3.05, 3.63) is 83.7 Å². The van der Waals surface area contributed by atoms with Gasteiger partial charge >= 0.3 is 5.97 Å². The number of rotatable bonds is 9. The molecule has 8 heteroatoms. The van der Waals surface area contributed by atoms with Crippen LogP contribution < -0.4 is 10.5 Å². The van der Waals surface area contributed by atoms with Crippen LogP contribution in [-0.4, -0.2) is 34.9 Å². The van der Waals surface area contributed by atoms with E-state index in [1.165, 1.54) is 24.1 Å². The number of benzene rings is 3. The fraction of sp³-hybridized carbons (Fsp3) is 0.130. The number of carbonyl (C=O) groups is 2. The Morgan fingerprint density at radius 2 is 1.84 bits per heavy atom. The van der Waals surface area contributed by atoms with Crippen molar-refractivity contribution in [2.75, 3.05) is 13.7 Å². The molecule has 1 amide bonds. The molecule has 0 spiro atoms. The quantitative estimate of drug-likeness (QED) is 0.485. The van der Waals surface area contributed by atoms with Crippen LogP contribution in [0.5, 0.6) is 5.75 Å². The van der Waals surface area contributed by atoms with Gasteiger partial charge in [-0.1, -0.05) is 18.2 Å². The minimum Gasteiger partial charge on any atom is -0.481 e. The van der Waals surface area contributed by atoms with E-state index in [9.17, 15) is 14.0 Å². The minimum atomic E-state index is -1.09. The van der Waals surface area contributed by atoms with Gasteiger partial charge in [-0.25, -0.2) is 13.5 Å². The Balaban J connectivity index is 1.87. The van der Waals surface area contributed by atoms with E-state index in [-0.39, 0.29) is 5.82 Å². The van der Waals surface area contributed by atoms with E-state index in [1.54, 1.807) is 42.5 Å². The van der Waals surface area contributed by atoms with Crippen molar-refractivity contribution in [1.82, 2.24) is 4.31 Å². The van der Waals surface area contributed by atoms with Gasteiger partial charge in [0.05, 0.1) is 0 Å². The zero-order valence-corrected chi connectivity index (χ0v) is 17.6. The molecule has 3 aromatic carbocycles. The Kier molecular flexibility index (Phi) is 7.28. The maximum Gasteiger partial charge on any atom is 0.341 e. The molecule has 3 N–H and O–H groups in total. The van der Waals surface area contributed by atoms with Gasteiger partial charge in [0.2, 0.25) is 5.91 Å². The first-order valence-electron chi connectivity index (χ1n) is 9.34. The number of amides is 1. The largest absolute Gasteiger partial charge is 0.481 e. The molecule has 3 rings (SSSR count). The second-order valence-corrected chi connectivity index (χ2v) is 8.07. The molecule has 0 bridgehead atoms. The number of carboxylic acids is 1. The van der Waals surface area contributed by atoms with Gasteiger partial charge in [0.1, 0.15) is 11.6 Å². The summed E-state index contributed by atoms with van der Waals surface area (Å²) in [7, 11) is 1.91. The fourth-order valence-electron chi connectivity index (χ4n) is 2.97. The number of ether oxygens (including phenoxy) is 1. The van der Waals surface area contributed by atoms with Crippen molar-refractivity contribution >= 4 is 23.8 Å². The average molecular weight is 440 g/mol. The Bertz CT molecular complexity index is 1090. The molecule has 0 aliphatic carbocycles. The van der Waals surface area contributed by atoms with E-state index in [0.29, 0.717) is 29.0 Å². The van der Waals surface area contributed by atoms with Gasteiger partial charge in [-0.15, -0.1) is 0 Å². The van der Waals surface area contributed by atoms with Crippen LogP contribution in [0.2, 0.25) is 0 Å². The van der Waals surface area contributed by atoms with E-state index in [4.69, 9.17) is 15.6 Å². The summed E-state index contributed by atoms with van der Waals surface area (Å²) in [4.78, 5) is 23.4. The summed E-state index contributed by atoms with van der Waals surface area (Å²) in [6, 6.07) is 18.5. The number of aliphatic carboxylic acids is 1. The van der Waals surface area contributed by atoms with Crippen LogP contribution in [0.4, 0.5) is 4.39 Å². The average Bonchev–Trinajstić information content (AvgIpc) is 2.74. The molecule has 31 heavy (non-hydrogen) atoms. The van der Waals surface area contributed by atoms with E-state index >= 15 is 0 Å². The second kappa shape index (κ2) is 10.1. The number of halogens is 1. The van der Waals surface area contributed by atoms with E-state index in [0.717, 1.165) is 10.5 Å². The van der Waals surface area contributed by atoms with Crippen LogP contribution in [0, 0.1) is 5.82 Å². The third kappa shape index (κ3) is 6.31. The molecule has 0 saturated carbocycles. The van der Waals surface area contributed by atoms with Gasteiger partial charge in [0, 0.05) is 22.6 Å². The predicted octanol–water partition coefficient (Wildman–Crippen LogP) is 4.19. The van der Waals surface area contributed by atoms with Gasteiger partial charge in [-0.05, 0) is 78.7 Å². The number of hydrogen-bond donors (Lipinski definition) is 2. The monoisotopic (exact) mass is 440 g/mol. The van der Waals surface area contributed by atoms with Crippen molar-refractivity contribution < 1.29 is 23.8 Å². The Hall–Kier alpha value is -3.36. The molecule has 0 heterocycles. The van der Waals surface area contributed by atoms with Crippen molar-refractivity contribution in [3.63, 3.8) is 0 Å². The maximum absolute atomic E-state index is 13.1. The number of carboxylic acid groups (broad SMARTS) is 1. The molecule has 0 unspecified atom stereocenters. The summed E-state index contributed by atoms with van der Waals surface area (Å²) in [5, 5.41) is 8.96. The van der Waals surface area contributed by atoms with E-state index < -0.39 is 18.5 Å². The second-order valence-electron chi connectivity index (χ2n) is 6.79. The Morgan fingerprint density at radius 1 is 1.10 bits per heavy atom. The summed E-state index contributed by atoms with van der Waals surface area (Å²) in [5.74, 6) is -1.54. The molecule has 0 radical (unpaired) electrons. The van der Waals surface area contributed by atoms with Gasteiger partial charge in [0.15, 0.2) is 6.61 Å². The molecule has 0 aromatic heterocycles. The topological polar surface area (TPSA) is 92.9 Å². The first kappa shape index (κ1) is 22.3. The lowest BCUT2D eigenvalue weighted by atomic mass is 9.99. The molecule has 0 aliphatic rings. The highest BCUT2D eigenvalue weighted by Crippen LogP contribution is 2.33. The third-order valence-corrected chi connectivity index (χ3v) is 5.26. The van der Waals surface area contributed by atoms with Crippen molar-refractivity contribution in [3.8, 4) is 16.9 Å². The molecule has 3 aromatic rings. The normalized spacial score (nSPS) is 10.8. The molecule has 0 fully saturated rings. The summed E-state index contributed by atoms with van der Waals surface area (Å²) in [6.45, 7) is 0.0753. The number of carbonyl (C=O) groups excluding carboxylic acids is 1. The van der Waals surface area contributed by atoms with Crippen molar-refractivity contribution in [2.24, 2.45) is 5.73 Å². The molecule has 0 saturated heterocycles. The van der Waals surface area contributed by atoms with Crippen molar-refractivity contribution in [2.45, 2.75) is 11.4 Å². The maximum atomic E-state index is 13.1. The third-order valence-electron chi connectivity index (χ3n) is 4.33. The zero-order valence-electron chi connectivity index (χ0n) is 16.7. The van der Waals surface area contributed by atoms with Gasteiger partial charge < -0.3 is 15.6 Å². The molecular weight excluding hydrogens is 419 g/mol. The molecular formula is C23H21FN2O4S. The van der Waals surface area contributed by atoms with E-state index in [2.05, 4.69) is 0 Å². The zero-order chi connectivity index (χ0) is 22.4. The first-order chi connectivity index (χ1) is 14.8. The molecule has 0 aliphatic heterocycles. The van der Waals surface area contributed by atoms with Crippen LogP contribution in [0.25, 0.3) is 11.1 Å². The molecule has 160 valence electrons. The summed E-state index contributed by atoms with van der Waals surface area (Å²) in [5.41, 5.74) is 8.02. The first-order valence-corrected chi connectivity index (χ1v) is 10.1. The highest BCUT2D eigenvalue weighted by atomic mass is 32.2. The van der Waals surface area contributed by atoms with Gasteiger partial charge in [-0.2, -0.15) is 0 Å². The van der Waals surface area contributed by atoms with Gasteiger partial charge in [0.25, 0.3) is 0 Å². The lowest BCUT2D eigenvalue weighted by Gasteiger charge is -2.18. The lowest BCUT2D eigenvalue weighted by molar-refractivity contribution is -0.139. The highest BCUT2D eigenvalue weighted by molar-refractivity contribution is 7.97. The van der Waals surface area contributed by atoms with E-state index in [1.807, 2.05) is 23.5 Å². The van der Waals surface area contributed by atoms with Crippen molar-refractivity contribution in [1.29, 1.82) is 0 Å². The Morgan fingerprint density at radius 3 is 2.52 bits per heavy atom. The predicted molar refractivity (Wildman–Crippen MR) is 117 cm³/mol. The van der Waals surface area contributed by atoms with Crippen LogP contribution in [0.3, 0.4) is 0 Å². The number of nitrogens with zero attached hydrogens (tertiary/aromatic N) is 1. The minimum absolute atomic E-state index is 0.285. The van der Waals surface area contributed by atoms with Crippen LogP contribution in [0.15, 0.2) is 71.6 Å².